The highest BCUT2D eigenvalue weighted by atomic mass is 19.4. The average Bonchev–Trinajstić information content (AvgIpc) is 3.37. The number of alkyl halides is 3. The quantitative estimate of drug-likeness (QED) is 0.391. The van der Waals surface area contributed by atoms with Crippen LogP contribution >= 0.6 is 0 Å². The van der Waals surface area contributed by atoms with Crippen LogP contribution in [0, 0.1) is 18.7 Å². The molecular weight excluding hydrogens is 480 g/mol. The lowest BCUT2D eigenvalue weighted by atomic mass is 9.88. The summed E-state index contributed by atoms with van der Waals surface area (Å²) < 4.78 is 61.8. The largest absolute Gasteiger partial charge is 0.488 e. The van der Waals surface area contributed by atoms with Crippen LogP contribution in [0.25, 0.3) is 16.6 Å². The highest BCUT2D eigenvalue weighted by Crippen LogP contribution is 2.48. The second-order valence-electron chi connectivity index (χ2n) is 9.37. The number of nitrogens with zero attached hydrogens (tertiary/aromatic N) is 5. The molecule has 0 unspecified atom stereocenters. The van der Waals surface area contributed by atoms with Gasteiger partial charge in [0.15, 0.2) is 5.82 Å². The van der Waals surface area contributed by atoms with Crippen molar-refractivity contribution in [2.24, 2.45) is 5.92 Å². The molecule has 2 aliphatic rings. The number of likely N-dealkylation sites (tertiary alicyclic amines) is 1. The number of imidazole rings is 1. The van der Waals surface area contributed by atoms with Gasteiger partial charge in [0.25, 0.3) is 5.91 Å². The third-order valence-corrected chi connectivity index (χ3v) is 6.87. The first-order valence-electron chi connectivity index (χ1n) is 11.3. The lowest BCUT2D eigenvalue weighted by molar-refractivity contribution is -0.140. The molecule has 0 bridgehead atoms. The predicted octanol–water partition coefficient (Wildman–Crippen LogP) is 4.31. The van der Waals surface area contributed by atoms with Gasteiger partial charge in [-0.3, -0.25) is 9.20 Å². The highest BCUT2D eigenvalue weighted by Gasteiger charge is 2.47. The molecule has 3 aromatic heterocycles. The van der Waals surface area contributed by atoms with Crippen molar-refractivity contribution < 1.29 is 27.1 Å². The first kappa shape index (κ1) is 22.5. The van der Waals surface area contributed by atoms with E-state index in [1.165, 1.54) is 11.1 Å². The number of nitrogens with two attached hydrogens (primary N) is 1. The van der Waals surface area contributed by atoms with Crippen molar-refractivity contribution in [1.29, 1.82) is 0 Å². The number of carbonyl (C=O) groups is 1. The topological polar surface area (TPSA) is 98.6 Å². The first-order chi connectivity index (χ1) is 17.0. The van der Waals surface area contributed by atoms with Gasteiger partial charge in [0, 0.05) is 12.1 Å². The monoisotopic (exact) mass is 500 g/mol. The minimum atomic E-state index is -4.86. The van der Waals surface area contributed by atoms with E-state index in [1.807, 2.05) is 6.92 Å². The minimum absolute atomic E-state index is 0.00127. The molecule has 0 spiro atoms. The van der Waals surface area contributed by atoms with Crippen LogP contribution in [0.2, 0.25) is 0 Å². The number of aromatic nitrogens is 4. The number of hydrogen-bond acceptors (Lipinski definition) is 6. The van der Waals surface area contributed by atoms with Gasteiger partial charge in [-0.05, 0) is 37.5 Å². The number of hydrogen-bond donors (Lipinski definition) is 1. The van der Waals surface area contributed by atoms with Crippen molar-refractivity contribution in [3.05, 3.63) is 59.1 Å². The van der Waals surface area contributed by atoms with E-state index in [0.29, 0.717) is 41.3 Å². The molecule has 2 aliphatic heterocycles. The molecule has 36 heavy (non-hydrogen) atoms. The fraction of sp³-hybridized carbons (Fsp3) is 0.333. The molecule has 0 aliphatic carbocycles. The van der Waals surface area contributed by atoms with Gasteiger partial charge in [0.05, 0.1) is 29.0 Å². The minimum Gasteiger partial charge on any atom is -0.488 e. The Bertz CT molecular complexity index is 1570. The molecule has 186 valence electrons. The normalized spacial score (nSPS) is 21.5. The maximum absolute atomic E-state index is 14.5. The SMILES string of the molecule is Cc1ncn2c1c(N)nc1cnc(C(=O)N3C[C@H](C)C[C@@H]4Oc5cc(C(F)(F)F)c(F)cc5[C@@H]43)cc12. The van der Waals surface area contributed by atoms with Crippen LogP contribution in [-0.4, -0.2) is 42.8 Å². The molecule has 3 atom stereocenters. The zero-order chi connectivity index (χ0) is 25.5. The van der Waals surface area contributed by atoms with Gasteiger partial charge in [-0.25, -0.2) is 19.3 Å². The van der Waals surface area contributed by atoms with E-state index in [9.17, 15) is 22.4 Å². The van der Waals surface area contributed by atoms with Gasteiger partial charge < -0.3 is 15.4 Å². The van der Waals surface area contributed by atoms with E-state index in [2.05, 4.69) is 15.0 Å². The summed E-state index contributed by atoms with van der Waals surface area (Å²) in [6.45, 7) is 4.02. The van der Waals surface area contributed by atoms with Crippen molar-refractivity contribution in [1.82, 2.24) is 24.3 Å². The van der Waals surface area contributed by atoms with Gasteiger partial charge in [0.1, 0.15) is 40.7 Å². The van der Waals surface area contributed by atoms with Gasteiger partial charge in [-0.2, -0.15) is 13.2 Å². The third kappa shape index (κ3) is 3.27. The number of nitrogen functional groups attached to an aromatic ring is 1. The first-order valence-corrected chi connectivity index (χ1v) is 11.3. The lowest BCUT2D eigenvalue weighted by Crippen LogP contribution is -2.47. The van der Waals surface area contributed by atoms with E-state index in [-0.39, 0.29) is 28.7 Å². The van der Waals surface area contributed by atoms with Crippen LogP contribution in [-0.2, 0) is 6.18 Å². The summed E-state index contributed by atoms with van der Waals surface area (Å²) in [7, 11) is 0. The number of ether oxygens (including phenoxy) is 1. The zero-order valence-electron chi connectivity index (χ0n) is 19.2. The molecule has 1 fully saturated rings. The maximum Gasteiger partial charge on any atom is 0.419 e. The molecule has 1 amide bonds. The maximum atomic E-state index is 14.5. The Morgan fingerprint density at radius 1 is 1.22 bits per heavy atom. The number of piperidine rings is 1. The van der Waals surface area contributed by atoms with Crippen LogP contribution < -0.4 is 10.5 Å². The Morgan fingerprint density at radius 3 is 2.75 bits per heavy atom. The Balaban J connectivity index is 1.44. The van der Waals surface area contributed by atoms with Gasteiger partial charge in [-0.15, -0.1) is 0 Å². The predicted molar refractivity (Wildman–Crippen MR) is 121 cm³/mol. The number of anilines is 1. The van der Waals surface area contributed by atoms with Crippen molar-refractivity contribution in [3.8, 4) is 5.75 Å². The van der Waals surface area contributed by atoms with E-state index >= 15 is 0 Å². The van der Waals surface area contributed by atoms with Crippen LogP contribution in [0.5, 0.6) is 5.75 Å². The van der Waals surface area contributed by atoms with Crippen molar-refractivity contribution in [2.75, 3.05) is 12.3 Å². The summed E-state index contributed by atoms with van der Waals surface area (Å²) in [6, 6.07) is 2.35. The van der Waals surface area contributed by atoms with E-state index in [1.54, 1.807) is 23.7 Å². The number of fused-ring (bicyclic) bond motifs is 6. The molecule has 4 aromatic rings. The molecule has 2 N–H and O–H groups in total. The number of benzene rings is 1. The standard InChI is InChI=1S/C24H20F4N6O2/c1-10-3-19-21(12-4-14(25)13(24(26,27)28)5-18(12)36-19)33(8-10)23(35)15-6-17-16(7-30-15)32-22(29)20-11(2)31-9-34(17)20/h4-7,9-10,19,21H,3,8H2,1-2H3,(H2,29,32)/t10-,19+,21+/m1/s1. The van der Waals surface area contributed by atoms with Crippen molar-refractivity contribution >= 4 is 28.3 Å². The molecule has 0 radical (unpaired) electrons. The summed E-state index contributed by atoms with van der Waals surface area (Å²) in [5.74, 6) is -1.63. The fourth-order valence-electron chi connectivity index (χ4n) is 5.31. The van der Waals surface area contributed by atoms with Crippen LogP contribution in [0.4, 0.5) is 23.4 Å². The van der Waals surface area contributed by atoms with Crippen LogP contribution in [0.15, 0.2) is 30.7 Å². The van der Waals surface area contributed by atoms with Crippen molar-refractivity contribution in [2.45, 2.75) is 38.6 Å². The average molecular weight is 500 g/mol. The molecule has 0 saturated carbocycles. The van der Waals surface area contributed by atoms with E-state index in [4.69, 9.17) is 10.5 Å². The molecule has 5 heterocycles. The number of pyridine rings is 1. The summed E-state index contributed by atoms with van der Waals surface area (Å²) in [5, 5.41) is 0. The molecule has 6 rings (SSSR count). The Labute approximate surface area is 201 Å². The molecule has 12 heteroatoms. The fourth-order valence-corrected chi connectivity index (χ4v) is 5.31. The second kappa shape index (κ2) is 7.52. The highest BCUT2D eigenvalue weighted by molar-refractivity contribution is 5.96. The second-order valence-corrected chi connectivity index (χ2v) is 9.37. The van der Waals surface area contributed by atoms with Gasteiger partial charge in [0.2, 0.25) is 0 Å². The number of halogens is 4. The van der Waals surface area contributed by atoms with E-state index in [0.717, 1.165) is 6.07 Å². The smallest absolute Gasteiger partial charge is 0.419 e. The van der Waals surface area contributed by atoms with Gasteiger partial charge in [-0.1, -0.05) is 6.92 Å². The molecular formula is C24H20F4N6O2. The third-order valence-electron chi connectivity index (χ3n) is 6.87. The number of carbonyl (C=O) groups excluding carboxylic acids is 1. The van der Waals surface area contributed by atoms with Crippen LogP contribution in [0.3, 0.4) is 0 Å². The Morgan fingerprint density at radius 2 is 2.00 bits per heavy atom. The summed E-state index contributed by atoms with van der Waals surface area (Å²) in [4.78, 5) is 28.2. The Hall–Kier alpha value is -3.96. The Kier molecular flexibility index (Phi) is 4.70. The molecule has 1 saturated heterocycles. The van der Waals surface area contributed by atoms with Crippen molar-refractivity contribution in [3.63, 3.8) is 0 Å². The number of aryl methyl sites for hydroxylation is 1. The summed E-state index contributed by atoms with van der Waals surface area (Å²) >= 11 is 0. The van der Waals surface area contributed by atoms with Crippen LogP contribution in [0.1, 0.15) is 46.7 Å². The molecule has 8 nitrogen and oxygen atoms in total. The summed E-state index contributed by atoms with van der Waals surface area (Å²) in [6.07, 6.45) is -1.92. The lowest BCUT2D eigenvalue weighted by Gasteiger charge is -2.39. The molecule has 1 aromatic carbocycles. The number of amides is 1. The van der Waals surface area contributed by atoms with E-state index < -0.39 is 35.6 Å². The van der Waals surface area contributed by atoms with Gasteiger partial charge >= 0.3 is 6.18 Å². The summed E-state index contributed by atoms with van der Waals surface area (Å²) in [5.41, 5.74) is 7.33. The number of rotatable bonds is 1. The zero-order valence-corrected chi connectivity index (χ0v) is 19.2.